The molecule has 0 spiro atoms. The number of phenolic OH excluding ortho intramolecular Hbond substituents is 1. The Labute approximate surface area is 178 Å². The highest BCUT2D eigenvalue weighted by Gasteiger charge is 2.29. The molecule has 2 aromatic carbocycles. The van der Waals surface area contributed by atoms with Gasteiger partial charge < -0.3 is 14.6 Å². The second-order valence-electron chi connectivity index (χ2n) is 7.62. The normalized spacial score (nSPS) is 12.9. The Morgan fingerprint density at radius 1 is 0.933 bits per heavy atom. The minimum absolute atomic E-state index is 0.121. The van der Waals surface area contributed by atoms with E-state index in [0.29, 0.717) is 6.42 Å². The van der Waals surface area contributed by atoms with E-state index in [1.54, 1.807) is 25.1 Å². The van der Waals surface area contributed by atoms with Gasteiger partial charge in [0, 0.05) is 0 Å². The Balaban J connectivity index is 2.12. The average molecular weight is 414 g/mol. The van der Waals surface area contributed by atoms with Gasteiger partial charge in [0.1, 0.15) is 24.4 Å². The van der Waals surface area contributed by atoms with Crippen molar-refractivity contribution in [3.8, 4) is 5.75 Å². The number of rotatable bonds is 11. The first-order valence-corrected chi connectivity index (χ1v) is 10.3. The molecule has 0 bridgehead atoms. The predicted molar refractivity (Wildman–Crippen MR) is 115 cm³/mol. The first-order chi connectivity index (χ1) is 14.4. The lowest BCUT2D eigenvalue weighted by Gasteiger charge is -2.25. The van der Waals surface area contributed by atoms with E-state index in [4.69, 9.17) is 9.47 Å². The molecule has 0 heterocycles. The maximum absolute atomic E-state index is 12.8. The van der Waals surface area contributed by atoms with Crippen LogP contribution >= 0.6 is 0 Å². The van der Waals surface area contributed by atoms with E-state index < -0.39 is 24.0 Å². The largest absolute Gasteiger partial charge is 0.508 e. The molecule has 0 fully saturated rings. The highest BCUT2D eigenvalue weighted by molar-refractivity contribution is 5.80. The molecule has 6 heteroatoms. The van der Waals surface area contributed by atoms with Gasteiger partial charge in [0.2, 0.25) is 0 Å². The second-order valence-corrected chi connectivity index (χ2v) is 7.62. The number of benzene rings is 2. The lowest BCUT2D eigenvalue weighted by molar-refractivity contribution is -0.150. The van der Waals surface area contributed by atoms with E-state index in [9.17, 15) is 14.7 Å². The Morgan fingerprint density at radius 2 is 1.60 bits per heavy atom. The molecule has 0 aliphatic rings. The van der Waals surface area contributed by atoms with Gasteiger partial charge in [0.05, 0.1) is 6.61 Å². The van der Waals surface area contributed by atoms with E-state index in [1.807, 2.05) is 50.2 Å². The van der Waals surface area contributed by atoms with Crippen LogP contribution in [0, 0.1) is 5.92 Å². The van der Waals surface area contributed by atoms with Crippen LogP contribution in [0.1, 0.15) is 38.3 Å². The molecule has 1 unspecified atom stereocenters. The van der Waals surface area contributed by atoms with E-state index in [2.05, 4.69) is 5.32 Å². The third-order valence-electron chi connectivity index (χ3n) is 4.54. The molecule has 2 N–H and O–H groups in total. The molecule has 2 atom stereocenters. The Bertz CT molecular complexity index is 806. The lowest BCUT2D eigenvalue weighted by Crippen LogP contribution is -2.50. The van der Waals surface area contributed by atoms with Crippen molar-refractivity contribution >= 4 is 11.9 Å². The summed E-state index contributed by atoms with van der Waals surface area (Å²) in [6, 6.07) is 14.8. The first-order valence-electron chi connectivity index (χ1n) is 10.3. The average Bonchev–Trinajstić information content (AvgIpc) is 2.71. The highest BCUT2D eigenvalue weighted by atomic mass is 16.5. The fourth-order valence-electron chi connectivity index (χ4n) is 3.15. The zero-order valence-electron chi connectivity index (χ0n) is 17.8. The zero-order valence-corrected chi connectivity index (χ0v) is 17.8. The van der Waals surface area contributed by atoms with Gasteiger partial charge in [-0.3, -0.25) is 14.9 Å². The molecule has 2 rings (SSSR count). The summed E-state index contributed by atoms with van der Waals surface area (Å²) < 4.78 is 10.7. The van der Waals surface area contributed by atoms with E-state index in [1.165, 1.54) is 0 Å². The SMILES string of the molecule is CCOC(=O)C(Cc1cccc(O)c1)N[C@@H](CC(C)C)C(=O)OCc1ccccc1. The van der Waals surface area contributed by atoms with Gasteiger partial charge in [-0.15, -0.1) is 0 Å². The van der Waals surface area contributed by atoms with Crippen LogP contribution in [-0.2, 0) is 32.1 Å². The van der Waals surface area contributed by atoms with Gasteiger partial charge in [0.15, 0.2) is 0 Å². The third kappa shape index (κ3) is 7.87. The summed E-state index contributed by atoms with van der Waals surface area (Å²) in [5.41, 5.74) is 1.66. The van der Waals surface area contributed by atoms with Gasteiger partial charge in [-0.25, -0.2) is 0 Å². The Hall–Kier alpha value is -2.86. The van der Waals surface area contributed by atoms with Crippen LogP contribution in [0.4, 0.5) is 0 Å². The molecule has 0 radical (unpaired) electrons. The maximum Gasteiger partial charge on any atom is 0.323 e. The van der Waals surface area contributed by atoms with Crippen molar-refractivity contribution in [1.82, 2.24) is 5.32 Å². The van der Waals surface area contributed by atoms with Crippen molar-refractivity contribution < 1.29 is 24.2 Å². The summed E-state index contributed by atoms with van der Waals surface area (Å²) in [6.07, 6.45) is 0.803. The minimum atomic E-state index is -0.736. The summed E-state index contributed by atoms with van der Waals surface area (Å²) in [6.45, 7) is 6.17. The van der Waals surface area contributed by atoms with Gasteiger partial charge in [-0.1, -0.05) is 56.3 Å². The highest BCUT2D eigenvalue weighted by Crippen LogP contribution is 2.15. The molecule has 0 saturated heterocycles. The quantitative estimate of drug-likeness (QED) is 0.548. The van der Waals surface area contributed by atoms with Crippen LogP contribution < -0.4 is 5.32 Å². The van der Waals surface area contributed by atoms with Gasteiger partial charge >= 0.3 is 11.9 Å². The number of hydrogen-bond donors (Lipinski definition) is 2. The Kier molecular flexibility index (Phi) is 9.35. The molecule has 2 aromatic rings. The second kappa shape index (κ2) is 12.0. The third-order valence-corrected chi connectivity index (χ3v) is 4.54. The Morgan fingerprint density at radius 3 is 2.23 bits per heavy atom. The summed E-state index contributed by atoms with van der Waals surface area (Å²) >= 11 is 0. The van der Waals surface area contributed by atoms with Crippen LogP contribution in [0.2, 0.25) is 0 Å². The van der Waals surface area contributed by atoms with Crippen LogP contribution in [0.5, 0.6) is 5.75 Å². The molecule has 30 heavy (non-hydrogen) atoms. The topological polar surface area (TPSA) is 84.9 Å². The lowest BCUT2D eigenvalue weighted by atomic mass is 10.0. The van der Waals surface area contributed by atoms with E-state index >= 15 is 0 Å². The van der Waals surface area contributed by atoms with Crippen LogP contribution in [0.25, 0.3) is 0 Å². The number of carbonyl (C=O) groups excluding carboxylic acids is 2. The molecular formula is C24H31NO5. The van der Waals surface area contributed by atoms with Crippen LogP contribution in [0.3, 0.4) is 0 Å². The number of ether oxygens (including phenoxy) is 2. The standard InChI is InChI=1S/C24H31NO5/c1-4-29-23(27)22(15-19-11-8-12-20(26)14-19)25-21(13-17(2)3)24(28)30-16-18-9-6-5-7-10-18/h5-12,14,17,21-22,25-26H,4,13,15-16H2,1-3H3/t21-,22?/m0/s1. The minimum Gasteiger partial charge on any atom is -0.508 e. The van der Waals surface area contributed by atoms with Crippen molar-refractivity contribution in [3.05, 3.63) is 65.7 Å². The van der Waals surface area contributed by atoms with Crippen molar-refractivity contribution in [2.45, 2.75) is 52.3 Å². The number of phenols is 1. The summed E-state index contributed by atoms with van der Waals surface area (Å²) in [7, 11) is 0. The summed E-state index contributed by atoms with van der Waals surface area (Å²) in [5.74, 6) is -0.505. The molecule has 0 aromatic heterocycles. The van der Waals surface area contributed by atoms with Crippen LogP contribution in [0.15, 0.2) is 54.6 Å². The molecule has 0 amide bonds. The van der Waals surface area contributed by atoms with Gasteiger partial charge in [0.25, 0.3) is 0 Å². The van der Waals surface area contributed by atoms with Gasteiger partial charge in [-0.05, 0) is 48.9 Å². The summed E-state index contributed by atoms with van der Waals surface area (Å²) in [5, 5.41) is 12.9. The zero-order chi connectivity index (χ0) is 21.9. The van der Waals surface area contributed by atoms with E-state index in [-0.39, 0.29) is 31.3 Å². The van der Waals surface area contributed by atoms with Gasteiger partial charge in [-0.2, -0.15) is 0 Å². The van der Waals surface area contributed by atoms with Crippen molar-refractivity contribution in [3.63, 3.8) is 0 Å². The fraction of sp³-hybridized carbons (Fsp3) is 0.417. The fourth-order valence-corrected chi connectivity index (χ4v) is 3.15. The molecule has 162 valence electrons. The van der Waals surface area contributed by atoms with Crippen molar-refractivity contribution in [2.24, 2.45) is 5.92 Å². The number of nitrogens with one attached hydrogen (secondary N) is 1. The predicted octanol–water partition coefficient (Wildman–Crippen LogP) is 3.61. The number of carbonyl (C=O) groups is 2. The first kappa shape index (κ1) is 23.4. The molecule has 0 saturated carbocycles. The molecule has 6 nitrogen and oxygen atoms in total. The van der Waals surface area contributed by atoms with E-state index in [0.717, 1.165) is 11.1 Å². The molecular weight excluding hydrogens is 382 g/mol. The number of esters is 2. The van der Waals surface area contributed by atoms with Crippen LogP contribution in [-0.4, -0.2) is 35.7 Å². The molecule has 0 aliphatic heterocycles. The van der Waals surface area contributed by atoms with Crippen molar-refractivity contribution in [2.75, 3.05) is 6.61 Å². The number of hydrogen-bond acceptors (Lipinski definition) is 6. The smallest absolute Gasteiger partial charge is 0.323 e. The van der Waals surface area contributed by atoms with Crippen molar-refractivity contribution in [1.29, 1.82) is 0 Å². The molecule has 0 aliphatic carbocycles. The summed E-state index contributed by atoms with van der Waals surface area (Å²) in [4.78, 5) is 25.4. The monoisotopic (exact) mass is 413 g/mol. The maximum atomic E-state index is 12.8. The number of aromatic hydroxyl groups is 1.